The molecule has 0 spiro atoms. The minimum absolute atomic E-state index is 0. The van der Waals surface area contributed by atoms with Crippen molar-refractivity contribution in [3.63, 3.8) is 0 Å². The molecule has 0 aliphatic carbocycles. The van der Waals surface area contributed by atoms with Gasteiger partial charge in [-0.05, 0) is 38.0 Å². The molecule has 1 rings (SSSR count). The topological polar surface area (TPSA) is 46.3 Å². The van der Waals surface area contributed by atoms with Gasteiger partial charge in [-0.1, -0.05) is 12.1 Å². The Hall–Kier alpha value is -1.13. The average Bonchev–Trinajstić information content (AvgIpc) is 2.35. The summed E-state index contributed by atoms with van der Waals surface area (Å²) in [5.74, 6) is -0.207. The summed E-state index contributed by atoms with van der Waals surface area (Å²) < 4.78 is 12.8. The van der Waals surface area contributed by atoms with Crippen LogP contribution < -0.4 is 5.73 Å². The first kappa shape index (κ1) is 17.9. The van der Waals surface area contributed by atoms with Crippen LogP contribution in [-0.2, 0) is 4.79 Å². The smallest absolute Gasteiger partial charge is 0.222 e. The second-order valence-electron chi connectivity index (χ2n) is 4.75. The third-order valence-electron chi connectivity index (χ3n) is 3.14. The van der Waals surface area contributed by atoms with Crippen molar-refractivity contribution in [3.8, 4) is 0 Å². The van der Waals surface area contributed by atoms with Gasteiger partial charge in [-0.15, -0.1) is 12.4 Å². The highest BCUT2D eigenvalue weighted by Crippen LogP contribution is 2.20. The summed E-state index contributed by atoms with van der Waals surface area (Å²) in [4.78, 5) is 13.6. The summed E-state index contributed by atoms with van der Waals surface area (Å²) >= 11 is 0. The maximum atomic E-state index is 12.8. The lowest BCUT2D eigenvalue weighted by atomic mass is 10.1. The van der Waals surface area contributed by atoms with Crippen LogP contribution in [0.1, 0.15) is 38.3 Å². The van der Waals surface area contributed by atoms with E-state index in [0.29, 0.717) is 12.8 Å². The number of benzene rings is 1. The molecule has 5 heteroatoms. The summed E-state index contributed by atoms with van der Waals surface area (Å²) in [5, 5.41) is 0. The number of carbonyl (C=O) groups is 1. The standard InChI is InChI=1S/C14H21FN2O.ClH/c1-10(16)4-9-14(18)17(3)11(2)12-5-7-13(15)8-6-12;/h5-8,10-11H,4,9,16H2,1-3H3;1H. The molecule has 3 nitrogen and oxygen atoms in total. The lowest BCUT2D eigenvalue weighted by molar-refractivity contribution is -0.132. The Kier molecular flexibility index (Phi) is 7.64. The van der Waals surface area contributed by atoms with Gasteiger partial charge >= 0.3 is 0 Å². The molecule has 0 heterocycles. The number of hydrogen-bond acceptors (Lipinski definition) is 2. The normalized spacial score (nSPS) is 13.3. The highest BCUT2D eigenvalue weighted by Gasteiger charge is 2.17. The van der Waals surface area contributed by atoms with Gasteiger partial charge in [-0.3, -0.25) is 4.79 Å². The molecule has 108 valence electrons. The molecule has 0 aliphatic heterocycles. The van der Waals surface area contributed by atoms with E-state index in [0.717, 1.165) is 5.56 Å². The fourth-order valence-electron chi connectivity index (χ4n) is 1.71. The fraction of sp³-hybridized carbons (Fsp3) is 0.500. The highest BCUT2D eigenvalue weighted by molar-refractivity contribution is 5.85. The second-order valence-corrected chi connectivity index (χ2v) is 4.75. The van der Waals surface area contributed by atoms with E-state index in [1.807, 2.05) is 13.8 Å². The van der Waals surface area contributed by atoms with E-state index >= 15 is 0 Å². The number of hydrogen-bond donors (Lipinski definition) is 1. The number of nitrogens with zero attached hydrogens (tertiary/aromatic N) is 1. The summed E-state index contributed by atoms with van der Waals surface area (Å²) in [6.45, 7) is 3.81. The van der Waals surface area contributed by atoms with E-state index in [4.69, 9.17) is 5.73 Å². The molecule has 0 saturated heterocycles. The van der Waals surface area contributed by atoms with Crippen LogP contribution in [0.25, 0.3) is 0 Å². The number of carbonyl (C=O) groups excluding carboxylic acids is 1. The lowest BCUT2D eigenvalue weighted by Gasteiger charge is -2.25. The van der Waals surface area contributed by atoms with Crippen LogP contribution in [0.15, 0.2) is 24.3 Å². The number of amides is 1. The Morgan fingerprint density at radius 2 is 1.84 bits per heavy atom. The van der Waals surface area contributed by atoms with Gasteiger partial charge in [-0.2, -0.15) is 0 Å². The van der Waals surface area contributed by atoms with E-state index < -0.39 is 0 Å². The molecule has 2 N–H and O–H groups in total. The molecule has 0 aliphatic rings. The zero-order chi connectivity index (χ0) is 13.7. The van der Waals surface area contributed by atoms with Crippen molar-refractivity contribution >= 4 is 18.3 Å². The molecule has 0 saturated carbocycles. The van der Waals surface area contributed by atoms with Gasteiger partial charge in [0.1, 0.15) is 5.82 Å². The number of halogens is 2. The molecule has 2 unspecified atom stereocenters. The first-order valence-corrected chi connectivity index (χ1v) is 6.18. The van der Waals surface area contributed by atoms with Crippen LogP contribution in [0.4, 0.5) is 4.39 Å². The second kappa shape index (κ2) is 8.12. The predicted octanol–water partition coefficient (Wildman–Crippen LogP) is 2.89. The fourth-order valence-corrected chi connectivity index (χ4v) is 1.71. The number of nitrogens with two attached hydrogens (primary N) is 1. The van der Waals surface area contributed by atoms with Gasteiger partial charge in [0, 0.05) is 19.5 Å². The summed E-state index contributed by atoms with van der Waals surface area (Å²) in [7, 11) is 1.76. The molecule has 1 amide bonds. The van der Waals surface area contributed by atoms with Crippen LogP contribution in [0.5, 0.6) is 0 Å². The maximum Gasteiger partial charge on any atom is 0.222 e. The molecule has 0 aromatic heterocycles. The molecule has 2 atom stereocenters. The molecule has 0 fully saturated rings. The van der Waals surface area contributed by atoms with Gasteiger partial charge in [0.25, 0.3) is 0 Å². The molecule has 1 aromatic rings. The molecule has 19 heavy (non-hydrogen) atoms. The molecular formula is C14H22ClFN2O. The molecule has 0 radical (unpaired) electrons. The summed E-state index contributed by atoms with van der Waals surface area (Å²) in [6.07, 6.45) is 1.12. The van der Waals surface area contributed by atoms with E-state index in [-0.39, 0.29) is 36.2 Å². The van der Waals surface area contributed by atoms with E-state index in [9.17, 15) is 9.18 Å². The van der Waals surface area contributed by atoms with Crippen molar-refractivity contribution in [1.82, 2.24) is 4.90 Å². The first-order valence-electron chi connectivity index (χ1n) is 6.18. The Bertz CT molecular complexity index is 395. The van der Waals surface area contributed by atoms with E-state index in [1.54, 1.807) is 24.1 Å². The van der Waals surface area contributed by atoms with E-state index in [2.05, 4.69) is 0 Å². The minimum atomic E-state index is -0.267. The van der Waals surface area contributed by atoms with Gasteiger partial charge in [0.15, 0.2) is 0 Å². The SMILES string of the molecule is CC(N)CCC(=O)N(C)C(C)c1ccc(F)cc1.Cl. The average molecular weight is 289 g/mol. The zero-order valence-electron chi connectivity index (χ0n) is 11.6. The third kappa shape index (κ3) is 5.57. The Morgan fingerprint density at radius 3 is 2.32 bits per heavy atom. The Morgan fingerprint density at radius 1 is 1.32 bits per heavy atom. The Balaban J connectivity index is 0.00000324. The van der Waals surface area contributed by atoms with Gasteiger partial charge in [-0.25, -0.2) is 4.39 Å². The first-order chi connectivity index (χ1) is 8.41. The van der Waals surface area contributed by atoms with Crippen molar-refractivity contribution < 1.29 is 9.18 Å². The van der Waals surface area contributed by atoms with Crippen molar-refractivity contribution in [1.29, 1.82) is 0 Å². The quantitative estimate of drug-likeness (QED) is 0.905. The monoisotopic (exact) mass is 288 g/mol. The van der Waals surface area contributed by atoms with Crippen LogP contribution in [0, 0.1) is 5.82 Å². The molecule has 1 aromatic carbocycles. The summed E-state index contributed by atoms with van der Waals surface area (Å²) in [5.41, 5.74) is 6.56. The summed E-state index contributed by atoms with van der Waals surface area (Å²) in [6, 6.07) is 6.19. The minimum Gasteiger partial charge on any atom is -0.339 e. The zero-order valence-corrected chi connectivity index (χ0v) is 12.4. The largest absolute Gasteiger partial charge is 0.339 e. The van der Waals surface area contributed by atoms with Crippen molar-refractivity contribution in [3.05, 3.63) is 35.6 Å². The van der Waals surface area contributed by atoms with E-state index in [1.165, 1.54) is 12.1 Å². The highest BCUT2D eigenvalue weighted by atomic mass is 35.5. The van der Waals surface area contributed by atoms with Gasteiger partial charge in [0.05, 0.1) is 6.04 Å². The van der Waals surface area contributed by atoms with Crippen molar-refractivity contribution in [2.75, 3.05) is 7.05 Å². The third-order valence-corrected chi connectivity index (χ3v) is 3.14. The van der Waals surface area contributed by atoms with Crippen molar-refractivity contribution in [2.24, 2.45) is 5.73 Å². The van der Waals surface area contributed by atoms with Crippen LogP contribution in [0.2, 0.25) is 0 Å². The predicted molar refractivity (Wildman–Crippen MR) is 77.7 cm³/mol. The lowest BCUT2D eigenvalue weighted by Crippen LogP contribution is -2.30. The molecule has 0 bridgehead atoms. The van der Waals surface area contributed by atoms with Crippen LogP contribution >= 0.6 is 12.4 Å². The maximum absolute atomic E-state index is 12.8. The molecular weight excluding hydrogens is 267 g/mol. The van der Waals surface area contributed by atoms with Gasteiger partial charge < -0.3 is 10.6 Å². The van der Waals surface area contributed by atoms with Crippen LogP contribution in [0.3, 0.4) is 0 Å². The number of rotatable bonds is 5. The van der Waals surface area contributed by atoms with Gasteiger partial charge in [0.2, 0.25) is 5.91 Å². The van der Waals surface area contributed by atoms with Crippen LogP contribution in [-0.4, -0.2) is 23.9 Å². The Labute approximate surface area is 120 Å². The van der Waals surface area contributed by atoms with Crippen molar-refractivity contribution in [2.45, 2.75) is 38.8 Å².